The summed E-state index contributed by atoms with van der Waals surface area (Å²) in [6.45, 7) is 7.89. The van der Waals surface area contributed by atoms with E-state index in [2.05, 4.69) is 26.7 Å². The van der Waals surface area contributed by atoms with Crippen LogP contribution in [0.3, 0.4) is 0 Å². The van der Waals surface area contributed by atoms with Crippen molar-refractivity contribution in [2.45, 2.75) is 38.5 Å². The Morgan fingerprint density at radius 1 is 1.19 bits per heavy atom. The highest BCUT2D eigenvalue weighted by molar-refractivity contribution is 7.92. The first kappa shape index (κ1) is 19.4. The number of piperidine rings is 1. The van der Waals surface area contributed by atoms with Crippen LogP contribution in [-0.2, 0) is 10.0 Å². The Hall–Kier alpha value is -2.35. The van der Waals surface area contributed by atoms with Crippen LogP contribution in [0.15, 0.2) is 29.2 Å². The molecule has 0 radical (unpaired) electrons. The van der Waals surface area contributed by atoms with Gasteiger partial charge in [0.25, 0.3) is 10.0 Å². The minimum atomic E-state index is -3.83. The lowest BCUT2D eigenvalue weighted by Gasteiger charge is -2.31. The zero-order chi connectivity index (χ0) is 19.6. The third-order valence-corrected chi connectivity index (χ3v) is 6.32. The summed E-state index contributed by atoms with van der Waals surface area (Å²) >= 11 is 0. The van der Waals surface area contributed by atoms with Crippen LogP contribution in [0.25, 0.3) is 0 Å². The van der Waals surface area contributed by atoms with Gasteiger partial charge in [-0.25, -0.2) is 8.42 Å². The predicted octanol–water partition coefficient (Wildman–Crippen LogP) is 3.14. The van der Waals surface area contributed by atoms with Gasteiger partial charge in [0.2, 0.25) is 0 Å². The molecule has 146 valence electrons. The fraction of sp³-hybridized carbons (Fsp3) is 0.474. The molecule has 1 aromatic carbocycles. The van der Waals surface area contributed by atoms with Crippen LogP contribution >= 0.6 is 0 Å². The second kappa shape index (κ2) is 7.72. The molecule has 27 heavy (non-hydrogen) atoms. The molecule has 2 aromatic rings. The summed E-state index contributed by atoms with van der Waals surface area (Å²) in [4.78, 5) is 2.27. The minimum absolute atomic E-state index is 0.0869. The molecule has 2 heterocycles. The van der Waals surface area contributed by atoms with Gasteiger partial charge < -0.3 is 9.64 Å². The molecule has 8 heteroatoms. The second-order valence-corrected chi connectivity index (χ2v) is 8.81. The second-order valence-electron chi connectivity index (χ2n) is 7.16. The number of rotatable bonds is 5. The monoisotopic (exact) mass is 390 g/mol. The molecule has 1 aromatic heterocycles. The van der Waals surface area contributed by atoms with Gasteiger partial charge in [-0.1, -0.05) is 6.92 Å². The van der Waals surface area contributed by atoms with Gasteiger partial charge in [0, 0.05) is 13.1 Å². The molecule has 0 amide bonds. The molecule has 0 aliphatic carbocycles. The number of hydrogen-bond donors (Lipinski definition) is 1. The first-order chi connectivity index (χ1) is 12.8. The topological polar surface area (TPSA) is 84.4 Å². The third-order valence-electron chi connectivity index (χ3n) is 4.94. The number of hydrogen-bond acceptors (Lipinski definition) is 6. The maximum Gasteiger partial charge on any atom is 0.266 e. The lowest BCUT2D eigenvalue weighted by atomic mass is 10.0. The van der Waals surface area contributed by atoms with Gasteiger partial charge in [0.05, 0.1) is 7.11 Å². The quantitative estimate of drug-likeness (QED) is 0.844. The third kappa shape index (κ3) is 4.32. The molecular weight excluding hydrogens is 364 g/mol. The number of anilines is 2. The number of aromatic nitrogens is 2. The van der Waals surface area contributed by atoms with Gasteiger partial charge in [-0.15, -0.1) is 10.2 Å². The Bertz CT molecular complexity index is 913. The largest absolute Gasteiger partial charge is 0.495 e. The van der Waals surface area contributed by atoms with Gasteiger partial charge in [0.15, 0.2) is 11.6 Å². The highest BCUT2D eigenvalue weighted by Gasteiger charge is 2.22. The Balaban J connectivity index is 1.81. The van der Waals surface area contributed by atoms with Gasteiger partial charge in [-0.05, 0) is 68.0 Å². The highest BCUT2D eigenvalue weighted by Crippen LogP contribution is 2.29. The number of nitrogens with zero attached hydrogens (tertiary/aromatic N) is 3. The summed E-state index contributed by atoms with van der Waals surface area (Å²) in [6.07, 6.45) is 2.35. The molecule has 0 saturated carbocycles. The van der Waals surface area contributed by atoms with Crippen molar-refractivity contribution in [2.24, 2.45) is 5.92 Å². The van der Waals surface area contributed by atoms with E-state index in [1.165, 1.54) is 13.5 Å². The molecule has 1 N–H and O–H groups in total. The van der Waals surface area contributed by atoms with Crippen molar-refractivity contribution in [1.82, 2.24) is 10.2 Å². The molecule has 3 rings (SSSR count). The van der Waals surface area contributed by atoms with Crippen LogP contribution in [0.1, 0.15) is 30.9 Å². The van der Waals surface area contributed by atoms with E-state index < -0.39 is 10.0 Å². The molecule has 0 spiro atoms. The maximum atomic E-state index is 12.8. The summed E-state index contributed by atoms with van der Waals surface area (Å²) in [5, 5.41) is 8.27. The number of benzene rings is 1. The number of aryl methyl sites for hydroxylation is 2. The van der Waals surface area contributed by atoms with Crippen LogP contribution in [0.2, 0.25) is 0 Å². The summed E-state index contributed by atoms with van der Waals surface area (Å²) in [5.74, 6) is 1.88. The maximum absolute atomic E-state index is 12.8. The van der Waals surface area contributed by atoms with Crippen LogP contribution in [0.4, 0.5) is 11.6 Å². The van der Waals surface area contributed by atoms with Gasteiger partial charge in [0.1, 0.15) is 10.6 Å². The van der Waals surface area contributed by atoms with Crippen molar-refractivity contribution in [2.75, 3.05) is 29.8 Å². The van der Waals surface area contributed by atoms with Crippen molar-refractivity contribution >= 4 is 21.7 Å². The summed E-state index contributed by atoms with van der Waals surface area (Å²) < 4.78 is 33.4. The molecule has 0 bridgehead atoms. The van der Waals surface area contributed by atoms with Crippen LogP contribution < -0.4 is 14.4 Å². The van der Waals surface area contributed by atoms with E-state index in [-0.39, 0.29) is 10.7 Å². The predicted molar refractivity (Wildman–Crippen MR) is 106 cm³/mol. The van der Waals surface area contributed by atoms with Crippen LogP contribution in [0, 0.1) is 19.8 Å². The highest BCUT2D eigenvalue weighted by atomic mass is 32.2. The van der Waals surface area contributed by atoms with Crippen LogP contribution in [-0.4, -0.2) is 38.8 Å². The average molecular weight is 391 g/mol. The Morgan fingerprint density at radius 2 is 1.93 bits per heavy atom. The number of methoxy groups -OCH3 is 1. The SMILES string of the molecule is COc1cc(C)c(C)cc1S(=O)(=O)Nc1ccc(N2CCCC(C)C2)nn1. The lowest BCUT2D eigenvalue weighted by molar-refractivity contribution is 0.402. The van der Waals surface area contributed by atoms with Crippen molar-refractivity contribution in [1.29, 1.82) is 0 Å². The van der Waals surface area contributed by atoms with Crippen molar-refractivity contribution in [3.05, 3.63) is 35.4 Å². The Kier molecular flexibility index (Phi) is 5.55. The van der Waals surface area contributed by atoms with Crippen molar-refractivity contribution in [3.8, 4) is 5.75 Å². The smallest absolute Gasteiger partial charge is 0.266 e. The average Bonchev–Trinajstić information content (AvgIpc) is 2.64. The molecule has 1 aliphatic heterocycles. The summed E-state index contributed by atoms with van der Waals surface area (Å²) in [5.41, 5.74) is 1.84. The summed E-state index contributed by atoms with van der Waals surface area (Å²) in [6, 6.07) is 6.77. The van der Waals surface area contributed by atoms with E-state index in [0.29, 0.717) is 11.7 Å². The van der Waals surface area contributed by atoms with Crippen molar-refractivity contribution in [3.63, 3.8) is 0 Å². The number of sulfonamides is 1. The van der Waals surface area contributed by atoms with Crippen molar-refractivity contribution < 1.29 is 13.2 Å². The molecule has 1 saturated heterocycles. The molecule has 1 unspecified atom stereocenters. The number of nitrogens with one attached hydrogen (secondary N) is 1. The Morgan fingerprint density at radius 3 is 2.56 bits per heavy atom. The minimum Gasteiger partial charge on any atom is -0.495 e. The van der Waals surface area contributed by atoms with Gasteiger partial charge in [-0.2, -0.15) is 0 Å². The fourth-order valence-corrected chi connectivity index (χ4v) is 4.50. The van der Waals surface area contributed by atoms with Gasteiger partial charge in [-0.3, -0.25) is 4.72 Å². The normalized spacial score (nSPS) is 17.6. The summed E-state index contributed by atoms with van der Waals surface area (Å²) in [7, 11) is -2.38. The zero-order valence-electron chi connectivity index (χ0n) is 16.2. The molecule has 1 fully saturated rings. The first-order valence-electron chi connectivity index (χ1n) is 9.07. The first-order valence-corrected chi connectivity index (χ1v) is 10.5. The van der Waals surface area contributed by atoms with E-state index in [1.807, 2.05) is 13.8 Å². The Labute approximate surface area is 160 Å². The number of ether oxygens (including phenoxy) is 1. The van der Waals surface area contributed by atoms with Gasteiger partial charge >= 0.3 is 0 Å². The van der Waals surface area contributed by atoms with Crippen LogP contribution in [0.5, 0.6) is 5.75 Å². The molecule has 1 atom stereocenters. The van der Waals surface area contributed by atoms with E-state index >= 15 is 0 Å². The van der Waals surface area contributed by atoms with E-state index in [4.69, 9.17) is 4.74 Å². The van der Waals surface area contributed by atoms with E-state index in [0.717, 1.165) is 36.5 Å². The zero-order valence-corrected chi connectivity index (χ0v) is 17.0. The van der Waals surface area contributed by atoms with E-state index in [9.17, 15) is 8.42 Å². The fourth-order valence-electron chi connectivity index (χ4n) is 3.27. The molecular formula is C19H26N4O3S. The molecule has 1 aliphatic rings. The lowest BCUT2D eigenvalue weighted by Crippen LogP contribution is -2.34. The standard InChI is InChI=1S/C19H26N4O3S/c1-13-6-5-9-23(12-13)19-8-7-18(20-21-19)22-27(24,25)17-11-15(3)14(2)10-16(17)26-4/h7-8,10-11,13H,5-6,9,12H2,1-4H3,(H,20,22). The van der Waals surface area contributed by atoms with E-state index in [1.54, 1.807) is 24.3 Å². The molecule has 7 nitrogen and oxygen atoms in total.